The van der Waals surface area contributed by atoms with Crippen LogP contribution in [-0.4, -0.2) is 23.1 Å². The normalized spacial score (nSPS) is 12.2. The van der Waals surface area contributed by atoms with Gasteiger partial charge in [-0.3, -0.25) is 0 Å². The Bertz CT molecular complexity index is 866. The highest BCUT2D eigenvalue weighted by atomic mass is 35.5. The Morgan fingerprint density at radius 2 is 2.00 bits per heavy atom. The first kappa shape index (κ1) is 16.5. The van der Waals surface area contributed by atoms with Crippen LogP contribution in [0.2, 0.25) is 5.02 Å². The van der Waals surface area contributed by atoms with Crippen LogP contribution in [0.4, 0.5) is 5.95 Å². The van der Waals surface area contributed by atoms with Crippen molar-refractivity contribution in [2.45, 2.75) is 26.3 Å². The number of anilines is 1. The lowest BCUT2D eigenvalue weighted by Crippen LogP contribution is -2.15. The quantitative estimate of drug-likeness (QED) is 0.695. The first-order chi connectivity index (χ1) is 11.6. The molecule has 1 aromatic heterocycles. The first-order valence-corrected chi connectivity index (χ1v) is 8.36. The summed E-state index contributed by atoms with van der Waals surface area (Å²) in [6.07, 6.45) is 2.84. The number of aromatic nitrogens is 2. The van der Waals surface area contributed by atoms with Crippen LogP contribution in [0, 0.1) is 0 Å². The number of hydrogen-bond donors (Lipinski definition) is 1. The molecule has 24 heavy (non-hydrogen) atoms. The van der Waals surface area contributed by atoms with Crippen molar-refractivity contribution in [1.82, 2.24) is 9.97 Å². The lowest BCUT2D eigenvalue weighted by atomic mass is 10.0. The molecule has 5 heteroatoms. The molecule has 4 nitrogen and oxygen atoms in total. The summed E-state index contributed by atoms with van der Waals surface area (Å²) in [5, 5.41) is 4.92. The van der Waals surface area contributed by atoms with Crippen LogP contribution in [0.1, 0.15) is 20.3 Å². The molecule has 124 valence electrons. The van der Waals surface area contributed by atoms with E-state index in [0.717, 1.165) is 34.2 Å². The molecule has 0 aliphatic heterocycles. The fraction of sp³-hybridized carbons (Fsp3) is 0.263. The van der Waals surface area contributed by atoms with Gasteiger partial charge in [0.05, 0.1) is 12.6 Å². The molecule has 3 rings (SSSR count). The summed E-state index contributed by atoms with van der Waals surface area (Å²) < 4.78 is 5.57. The summed E-state index contributed by atoms with van der Waals surface area (Å²) in [6, 6.07) is 12.0. The van der Waals surface area contributed by atoms with Crippen LogP contribution < -0.4 is 10.1 Å². The summed E-state index contributed by atoms with van der Waals surface area (Å²) in [6.45, 7) is 4.23. The van der Waals surface area contributed by atoms with E-state index in [4.69, 9.17) is 16.3 Å². The van der Waals surface area contributed by atoms with Crippen LogP contribution in [0.3, 0.4) is 0 Å². The zero-order chi connectivity index (χ0) is 17.1. The molecule has 0 saturated heterocycles. The Morgan fingerprint density at radius 1 is 1.21 bits per heavy atom. The van der Waals surface area contributed by atoms with Gasteiger partial charge in [0.25, 0.3) is 0 Å². The minimum atomic E-state index is 0.326. The van der Waals surface area contributed by atoms with Crippen molar-refractivity contribution in [3.8, 4) is 16.9 Å². The fourth-order valence-electron chi connectivity index (χ4n) is 2.51. The monoisotopic (exact) mass is 341 g/mol. The maximum Gasteiger partial charge on any atom is 0.223 e. The van der Waals surface area contributed by atoms with E-state index in [0.29, 0.717) is 17.0 Å². The predicted molar refractivity (Wildman–Crippen MR) is 99.9 cm³/mol. The van der Waals surface area contributed by atoms with Crippen molar-refractivity contribution in [1.29, 1.82) is 0 Å². The minimum absolute atomic E-state index is 0.326. The summed E-state index contributed by atoms with van der Waals surface area (Å²) in [4.78, 5) is 9.01. The average Bonchev–Trinajstić information content (AvgIpc) is 2.61. The van der Waals surface area contributed by atoms with Gasteiger partial charge in [-0.15, -0.1) is 0 Å². The van der Waals surface area contributed by atoms with Gasteiger partial charge in [-0.2, -0.15) is 0 Å². The van der Waals surface area contributed by atoms with Crippen LogP contribution in [0.5, 0.6) is 5.75 Å². The Morgan fingerprint density at radius 3 is 2.71 bits per heavy atom. The molecule has 0 fully saturated rings. The Balaban J connectivity index is 2.10. The molecule has 0 radical (unpaired) electrons. The second kappa shape index (κ2) is 7.05. The van der Waals surface area contributed by atoms with E-state index in [1.165, 1.54) is 0 Å². The summed E-state index contributed by atoms with van der Waals surface area (Å²) in [5.41, 5.74) is 2.70. The lowest BCUT2D eigenvalue weighted by molar-refractivity contribution is 0.417. The zero-order valence-corrected chi connectivity index (χ0v) is 14.8. The number of fused-ring (bicyclic) bond motifs is 1. The van der Waals surface area contributed by atoms with Crippen molar-refractivity contribution < 1.29 is 4.74 Å². The van der Waals surface area contributed by atoms with Crippen LogP contribution in [0.25, 0.3) is 22.0 Å². The van der Waals surface area contributed by atoms with Gasteiger partial charge in [-0.25, -0.2) is 9.97 Å². The highest BCUT2D eigenvalue weighted by Crippen LogP contribution is 2.37. The fourth-order valence-corrected chi connectivity index (χ4v) is 2.75. The maximum atomic E-state index is 6.34. The SMILES string of the molecule is CC[C@H](C)Nc1ncc2cc(-c3ccccc3Cl)c(OC)cc2n1. The minimum Gasteiger partial charge on any atom is -0.496 e. The summed E-state index contributed by atoms with van der Waals surface area (Å²) in [7, 11) is 1.65. The van der Waals surface area contributed by atoms with Crippen LogP contribution in [0.15, 0.2) is 42.6 Å². The molecule has 0 unspecified atom stereocenters. The zero-order valence-electron chi connectivity index (χ0n) is 14.0. The number of methoxy groups -OCH3 is 1. The second-order valence-corrected chi connectivity index (χ2v) is 6.15. The number of ether oxygens (including phenoxy) is 1. The van der Waals surface area contributed by atoms with Gasteiger partial charge >= 0.3 is 0 Å². The number of halogens is 1. The van der Waals surface area contributed by atoms with Crippen molar-refractivity contribution >= 4 is 28.5 Å². The van der Waals surface area contributed by atoms with Gasteiger partial charge in [0.15, 0.2) is 0 Å². The molecule has 1 heterocycles. The molecule has 1 atom stereocenters. The third-order valence-electron chi connectivity index (χ3n) is 4.05. The molecule has 1 N–H and O–H groups in total. The van der Waals surface area contributed by atoms with E-state index < -0.39 is 0 Å². The molecule has 0 aliphatic carbocycles. The number of hydrogen-bond acceptors (Lipinski definition) is 4. The van der Waals surface area contributed by atoms with Crippen LogP contribution in [-0.2, 0) is 0 Å². The Hall–Kier alpha value is -2.33. The summed E-state index contributed by atoms with van der Waals surface area (Å²) >= 11 is 6.34. The highest BCUT2D eigenvalue weighted by Gasteiger charge is 2.12. The Labute approximate surface area is 146 Å². The van der Waals surface area contributed by atoms with E-state index in [1.54, 1.807) is 7.11 Å². The lowest BCUT2D eigenvalue weighted by Gasteiger charge is -2.14. The first-order valence-electron chi connectivity index (χ1n) is 7.98. The maximum absolute atomic E-state index is 6.34. The highest BCUT2D eigenvalue weighted by molar-refractivity contribution is 6.33. The number of nitrogens with zero attached hydrogens (tertiary/aromatic N) is 2. The number of benzene rings is 2. The summed E-state index contributed by atoms with van der Waals surface area (Å²) in [5.74, 6) is 1.37. The van der Waals surface area contributed by atoms with Gasteiger partial charge in [-0.05, 0) is 25.5 Å². The van der Waals surface area contributed by atoms with E-state index in [2.05, 4.69) is 29.1 Å². The third-order valence-corrected chi connectivity index (χ3v) is 4.38. The molecule has 0 amide bonds. The molecule has 2 aromatic carbocycles. The topological polar surface area (TPSA) is 47.0 Å². The number of rotatable bonds is 5. The standard InChI is InChI=1S/C19H20ClN3O/c1-4-12(2)22-19-21-11-13-9-15(14-7-5-6-8-16(14)20)18(24-3)10-17(13)23-19/h5-12H,4H2,1-3H3,(H,21,22,23)/t12-/m0/s1. The average molecular weight is 342 g/mol. The molecule has 0 aliphatic rings. The van der Waals surface area contributed by atoms with E-state index in [1.807, 2.05) is 42.6 Å². The van der Waals surface area contributed by atoms with Gasteiger partial charge in [0.2, 0.25) is 5.95 Å². The number of nitrogens with one attached hydrogen (secondary N) is 1. The predicted octanol–water partition coefficient (Wildman–Crippen LogP) is 5.17. The van der Waals surface area contributed by atoms with Crippen molar-refractivity contribution in [2.24, 2.45) is 0 Å². The van der Waals surface area contributed by atoms with E-state index in [9.17, 15) is 0 Å². The van der Waals surface area contributed by atoms with Gasteiger partial charge in [0.1, 0.15) is 5.75 Å². The largest absolute Gasteiger partial charge is 0.496 e. The molecule has 3 aromatic rings. The van der Waals surface area contributed by atoms with E-state index in [-0.39, 0.29) is 0 Å². The molecule has 0 spiro atoms. The third kappa shape index (κ3) is 3.29. The van der Waals surface area contributed by atoms with Crippen molar-refractivity contribution in [3.63, 3.8) is 0 Å². The smallest absolute Gasteiger partial charge is 0.223 e. The van der Waals surface area contributed by atoms with Gasteiger partial charge < -0.3 is 10.1 Å². The molecular weight excluding hydrogens is 322 g/mol. The van der Waals surface area contributed by atoms with Crippen molar-refractivity contribution in [2.75, 3.05) is 12.4 Å². The van der Waals surface area contributed by atoms with Gasteiger partial charge in [0, 0.05) is 39.8 Å². The van der Waals surface area contributed by atoms with Crippen molar-refractivity contribution in [3.05, 3.63) is 47.6 Å². The van der Waals surface area contributed by atoms with Crippen LogP contribution >= 0.6 is 11.6 Å². The molecular formula is C19H20ClN3O. The Kier molecular flexibility index (Phi) is 4.86. The molecule has 0 bridgehead atoms. The second-order valence-electron chi connectivity index (χ2n) is 5.74. The van der Waals surface area contributed by atoms with E-state index >= 15 is 0 Å². The van der Waals surface area contributed by atoms with Gasteiger partial charge in [-0.1, -0.05) is 36.7 Å². The molecule has 0 saturated carbocycles.